The lowest BCUT2D eigenvalue weighted by molar-refractivity contribution is 0.0599. The Bertz CT molecular complexity index is 863. The summed E-state index contributed by atoms with van der Waals surface area (Å²) in [6.45, 7) is 0. The van der Waals surface area contributed by atoms with Crippen molar-refractivity contribution in [2.24, 2.45) is 0 Å². The van der Waals surface area contributed by atoms with Gasteiger partial charge in [0.25, 0.3) is 5.91 Å². The summed E-state index contributed by atoms with van der Waals surface area (Å²) in [4.78, 5) is 17.6. The number of nitrogens with zero attached hydrogens (tertiary/aromatic N) is 3. The molecule has 4 rings (SSSR count). The molecule has 0 bridgehead atoms. The van der Waals surface area contributed by atoms with Crippen LogP contribution in [0.25, 0.3) is 16.6 Å². The maximum absolute atomic E-state index is 12.9. The number of nitrogens with one attached hydrogen (secondary N) is 2. The van der Waals surface area contributed by atoms with Crippen LogP contribution in [0.15, 0.2) is 36.8 Å². The van der Waals surface area contributed by atoms with Crippen molar-refractivity contribution in [2.45, 2.75) is 37.8 Å². The van der Waals surface area contributed by atoms with Gasteiger partial charge in [0.2, 0.25) is 0 Å². The molecule has 1 saturated carbocycles. The Hall–Kier alpha value is -2.67. The van der Waals surface area contributed by atoms with Gasteiger partial charge in [0.15, 0.2) is 0 Å². The lowest BCUT2D eigenvalue weighted by Gasteiger charge is -2.28. The van der Waals surface area contributed by atoms with Crippen LogP contribution < -0.4 is 5.32 Å². The first kappa shape index (κ1) is 15.8. The van der Waals surface area contributed by atoms with E-state index in [1.807, 2.05) is 24.4 Å². The Kier molecular flexibility index (Phi) is 4.23. The van der Waals surface area contributed by atoms with Crippen molar-refractivity contribution >= 4 is 16.8 Å². The molecule has 1 aromatic carbocycles. The van der Waals surface area contributed by atoms with Gasteiger partial charge in [0.05, 0.1) is 35.3 Å². The molecule has 1 aliphatic carbocycles. The molecule has 130 valence electrons. The third-order valence-corrected chi connectivity index (χ3v) is 4.88. The lowest BCUT2D eigenvalue weighted by atomic mass is 9.92. The van der Waals surface area contributed by atoms with Gasteiger partial charge >= 0.3 is 0 Å². The summed E-state index contributed by atoms with van der Waals surface area (Å²) in [5, 5.41) is 12.5. The summed E-state index contributed by atoms with van der Waals surface area (Å²) < 4.78 is 5.40. The van der Waals surface area contributed by atoms with Crippen molar-refractivity contribution in [3.8, 4) is 5.69 Å². The summed E-state index contributed by atoms with van der Waals surface area (Å²) in [6, 6.07) is 5.93. The van der Waals surface area contributed by atoms with E-state index in [0.717, 1.165) is 42.3 Å². The van der Waals surface area contributed by atoms with Gasteiger partial charge in [-0.1, -0.05) is 0 Å². The third-order valence-electron chi connectivity index (χ3n) is 4.88. The number of methoxy groups -OCH3 is 1. The van der Waals surface area contributed by atoms with Crippen LogP contribution in [-0.2, 0) is 4.74 Å². The summed E-state index contributed by atoms with van der Waals surface area (Å²) in [5.41, 5.74) is 2.22. The van der Waals surface area contributed by atoms with E-state index >= 15 is 0 Å². The molecule has 1 amide bonds. The molecule has 7 nitrogen and oxygen atoms in total. The molecule has 1 fully saturated rings. The maximum Gasteiger partial charge on any atom is 0.253 e. The van der Waals surface area contributed by atoms with Gasteiger partial charge in [-0.15, -0.1) is 0 Å². The highest BCUT2D eigenvalue weighted by Gasteiger charge is 2.23. The third kappa shape index (κ3) is 3.15. The Labute approximate surface area is 145 Å². The van der Waals surface area contributed by atoms with Crippen molar-refractivity contribution < 1.29 is 9.53 Å². The summed E-state index contributed by atoms with van der Waals surface area (Å²) in [7, 11) is 1.75. The van der Waals surface area contributed by atoms with Crippen molar-refractivity contribution in [3.63, 3.8) is 0 Å². The number of benzene rings is 1. The zero-order chi connectivity index (χ0) is 17.2. The quantitative estimate of drug-likeness (QED) is 0.764. The zero-order valence-electron chi connectivity index (χ0n) is 14.1. The molecule has 2 N–H and O–H groups in total. The average molecular weight is 339 g/mol. The first-order valence-electron chi connectivity index (χ1n) is 8.56. The number of carbonyl (C=O) groups excluding carboxylic acids is 1. The molecule has 0 unspecified atom stereocenters. The van der Waals surface area contributed by atoms with E-state index in [1.165, 1.54) is 4.80 Å². The number of H-pyrrole nitrogens is 1. The number of aromatic amines is 1. The zero-order valence-corrected chi connectivity index (χ0v) is 14.1. The van der Waals surface area contributed by atoms with Gasteiger partial charge in [-0.2, -0.15) is 15.0 Å². The first-order valence-corrected chi connectivity index (χ1v) is 8.56. The Balaban J connectivity index is 1.59. The van der Waals surface area contributed by atoms with E-state index in [2.05, 4.69) is 20.5 Å². The van der Waals surface area contributed by atoms with Crippen LogP contribution in [0.4, 0.5) is 0 Å². The number of aromatic nitrogens is 4. The van der Waals surface area contributed by atoms with E-state index in [9.17, 15) is 4.79 Å². The molecule has 0 spiro atoms. The molecule has 0 radical (unpaired) electrons. The van der Waals surface area contributed by atoms with Gasteiger partial charge < -0.3 is 15.0 Å². The van der Waals surface area contributed by atoms with Gasteiger partial charge in [-0.05, 0) is 43.9 Å². The van der Waals surface area contributed by atoms with Crippen LogP contribution >= 0.6 is 0 Å². The van der Waals surface area contributed by atoms with Crippen molar-refractivity contribution in [1.29, 1.82) is 0 Å². The Morgan fingerprint density at radius 1 is 1.24 bits per heavy atom. The van der Waals surface area contributed by atoms with Crippen LogP contribution in [0.3, 0.4) is 0 Å². The predicted molar refractivity (Wildman–Crippen MR) is 93.7 cm³/mol. The second-order valence-electron chi connectivity index (χ2n) is 6.44. The summed E-state index contributed by atoms with van der Waals surface area (Å²) >= 11 is 0. The van der Waals surface area contributed by atoms with E-state index in [0.29, 0.717) is 11.7 Å². The number of rotatable bonds is 4. The fraction of sp³-hybridized carbons (Fsp3) is 0.389. The van der Waals surface area contributed by atoms with Gasteiger partial charge in [0.1, 0.15) is 0 Å². The Morgan fingerprint density at radius 2 is 2.00 bits per heavy atom. The van der Waals surface area contributed by atoms with E-state index < -0.39 is 0 Å². The van der Waals surface area contributed by atoms with Crippen LogP contribution in [0, 0.1) is 0 Å². The molecular formula is C18H21N5O2. The molecule has 0 aliphatic heterocycles. The minimum atomic E-state index is -0.0673. The predicted octanol–water partition coefficient (Wildman–Crippen LogP) is 2.44. The normalized spacial score (nSPS) is 20.7. The van der Waals surface area contributed by atoms with Crippen LogP contribution in [0.2, 0.25) is 0 Å². The summed E-state index contributed by atoms with van der Waals surface area (Å²) in [5.74, 6) is -0.0673. The highest BCUT2D eigenvalue weighted by molar-refractivity contribution is 6.06. The molecule has 0 atom stereocenters. The number of fused-ring (bicyclic) bond motifs is 1. The van der Waals surface area contributed by atoms with E-state index in [1.54, 1.807) is 19.5 Å². The number of hydrogen-bond donors (Lipinski definition) is 2. The monoisotopic (exact) mass is 339 g/mol. The van der Waals surface area contributed by atoms with Gasteiger partial charge in [0, 0.05) is 24.7 Å². The standard InChI is InChI=1S/C18H21N5O2/c1-25-15-4-2-13(3-5-15)22-18(24)16-11-14(23-20-8-9-21-23)10-12-6-7-19-17(12)16/h6-11,13,15,19H,2-5H2,1H3,(H,22,24). The number of carbonyl (C=O) groups is 1. The lowest BCUT2D eigenvalue weighted by Crippen LogP contribution is -2.39. The minimum Gasteiger partial charge on any atom is -0.381 e. The minimum absolute atomic E-state index is 0.0673. The highest BCUT2D eigenvalue weighted by Crippen LogP contribution is 2.24. The number of ether oxygens (including phenoxy) is 1. The number of amides is 1. The average Bonchev–Trinajstić information content (AvgIpc) is 3.32. The largest absolute Gasteiger partial charge is 0.381 e. The molecule has 2 heterocycles. The number of hydrogen-bond acceptors (Lipinski definition) is 4. The van der Waals surface area contributed by atoms with E-state index in [4.69, 9.17) is 4.74 Å². The summed E-state index contributed by atoms with van der Waals surface area (Å²) in [6.07, 6.45) is 9.25. The molecule has 2 aromatic heterocycles. The Morgan fingerprint density at radius 3 is 2.72 bits per heavy atom. The second kappa shape index (κ2) is 6.68. The van der Waals surface area contributed by atoms with Crippen molar-refractivity contribution in [3.05, 3.63) is 42.4 Å². The molecular weight excluding hydrogens is 318 g/mol. The fourth-order valence-electron chi connectivity index (χ4n) is 3.51. The fourth-order valence-corrected chi connectivity index (χ4v) is 3.51. The molecule has 25 heavy (non-hydrogen) atoms. The first-order chi connectivity index (χ1) is 12.2. The molecule has 7 heteroatoms. The van der Waals surface area contributed by atoms with Crippen LogP contribution in [0.5, 0.6) is 0 Å². The van der Waals surface area contributed by atoms with Crippen LogP contribution in [0.1, 0.15) is 36.0 Å². The molecule has 0 saturated heterocycles. The SMILES string of the molecule is COC1CCC(NC(=O)c2cc(-n3nccn3)cc3cc[nH]c23)CC1. The topological polar surface area (TPSA) is 84.8 Å². The smallest absolute Gasteiger partial charge is 0.253 e. The highest BCUT2D eigenvalue weighted by atomic mass is 16.5. The second-order valence-corrected chi connectivity index (χ2v) is 6.44. The van der Waals surface area contributed by atoms with E-state index in [-0.39, 0.29) is 11.9 Å². The van der Waals surface area contributed by atoms with Gasteiger partial charge in [-0.25, -0.2) is 0 Å². The van der Waals surface area contributed by atoms with Crippen molar-refractivity contribution in [2.75, 3.05) is 7.11 Å². The van der Waals surface area contributed by atoms with Crippen LogP contribution in [-0.4, -0.2) is 45.1 Å². The van der Waals surface area contributed by atoms with Gasteiger partial charge in [-0.3, -0.25) is 4.79 Å². The van der Waals surface area contributed by atoms with Crippen molar-refractivity contribution in [1.82, 2.24) is 25.3 Å². The maximum atomic E-state index is 12.9. The molecule has 1 aliphatic rings. The molecule has 3 aromatic rings.